The Bertz CT molecular complexity index is 1430. The van der Waals surface area contributed by atoms with Crippen molar-refractivity contribution in [2.45, 2.75) is 91.5 Å². The summed E-state index contributed by atoms with van der Waals surface area (Å²) in [6.45, 7) is 13.2. The highest BCUT2D eigenvalue weighted by Gasteiger charge is 2.39. The van der Waals surface area contributed by atoms with Gasteiger partial charge >= 0.3 is 6.09 Å². The van der Waals surface area contributed by atoms with Crippen molar-refractivity contribution in [1.82, 2.24) is 10.2 Å². The van der Waals surface area contributed by atoms with Crippen LogP contribution in [0, 0.1) is 12.8 Å². The number of phenols is 1. The third kappa shape index (κ3) is 10.5. The van der Waals surface area contributed by atoms with Crippen molar-refractivity contribution in [1.29, 1.82) is 0 Å². The molecule has 9 heteroatoms. The summed E-state index contributed by atoms with van der Waals surface area (Å²) < 4.78 is 5.54. The fraction of sp³-hybridized carbons (Fsp3) is 0.417. The number of amides is 3. The van der Waals surface area contributed by atoms with Crippen molar-refractivity contribution in [2.24, 2.45) is 5.92 Å². The molecule has 0 aromatic heterocycles. The van der Waals surface area contributed by atoms with Gasteiger partial charge in [-0.3, -0.25) is 9.59 Å². The van der Waals surface area contributed by atoms with Crippen LogP contribution < -0.4 is 10.6 Å². The van der Waals surface area contributed by atoms with Gasteiger partial charge < -0.3 is 25.4 Å². The molecule has 3 amide bonds. The molecule has 0 bridgehead atoms. The summed E-state index contributed by atoms with van der Waals surface area (Å²) in [4.78, 5) is 43.8. The Morgan fingerprint density at radius 3 is 2.20 bits per heavy atom. The van der Waals surface area contributed by atoms with Gasteiger partial charge in [-0.05, 0) is 88.3 Å². The number of para-hydroxylation sites is 1. The van der Waals surface area contributed by atoms with E-state index in [2.05, 4.69) is 24.5 Å². The van der Waals surface area contributed by atoms with Crippen molar-refractivity contribution in [3.05, 3.63) is 94.5 Å². The van der Waals surface area contributed by atoms with E-state index in [0.29, 0.717) is 28.6 Å². The highest BCUT2D eigenvalue weighted by atomic mass is 35.5. The number of nitrogens with zero attached hydrogens (tertiary/aromatic N) is 1. The zero-order valence-corrected chi connectivity index (χ0v) is 28.0. The van der Waals surface area contributed by atoms with Gasteiger partial charge in [-0.25, -0.2) is 4.79 Å². The molecule has 3 aromatic rings. The Balaban J connectivity index is 2.16. The van der Waals surface area contributed by atoms with E-state index < -0.39 is 41.6 Å². The molecule has 3 unspecified atom stereocenters. The topological polar surface area (TPSA) is 108 Å². The Morgan fingerprint density at radius 1 is 0.933 bits per heavy atom. The third-order valence-corrected chi connectivity index (χ3v) is 7.66. The first-order valence-electron chi connectivity index (χ1n) is 15.4. The maximum atomic E-state index is 14.8. The van der Waals surface area contributed by atoms with E-state index in [4.69, 9.17) is 16.3 Å². The van der Waals surface area contributed by atoms with Crippen LogP contribution in [0.5, 0.6) is 5.75 Å². The van der Waals surface area contributed by atoms with Crippen LogP contribution in [0.2, 0.25) is 5.02 Å². The summed E-state index contributed by atoms with van der Waals surface area (Å²) in [7, 11) is 0. The van der Waals surface area contributed by atoms with E-state index in [1.165, 1.54) is 17.0 Å². The predicted octanol–water partition coefficient (Wildman–Crippen LogP) is 7.82. The Hall–Kier alpha value is -4.04. The van der Waals surface area contributed by atoms with Gasteiger partial charge in [-0.1, -0.05) is 80.0 Å². The van der Waals surface area contributed by atoms with Crippen LogP contribution in [0.25, 0.3) is 0 Å². The molecule has 45 heavy (non-hydrogen) atoms. The molecule has 3 aromatic carbocycles. The molecule has 3 rings (SSSR count). The number of hydrogen-bond acceptors (Lipinski definition) is 5. The molecule has 0 aliphatic heterocycles. The highest BCUT2D eigenvalue weighted by molar-refractivity contribution is 6.34. The summed E-state index contributed by atoms with van der Waals surface area (Å²) in [5, 5.41) is 16.6. The van der Waals surface area contributed by atoms with Crippen molar-refractivity contribution in [3.63, 3.8) is 0 Å². The van der Waals surface area contributed by atoms with E-state index in [1.807, 2.05) is 50.2 Å². The minimum absolute atomic E-state index is 0.0471. The molecule has 0 saturated heterocycles. The number of carbonyl (C=O) groups excluding carboxylic acids is 3. The average Bonchev–Trinajstić information content (AvgIpc) is 2.95. The molecular weight excluding hydrogens is 590 g/mol. The van der Waals surface area contributed by atoms with Gasteiger partial charge in [0.1, 0.15) is 23.4 Å². The number of ether oxygens (including phenoxy) is 1. The predicted molar refractivity (Wildman–Crippen MR) is 179 cm³/mol. The fourth-order valence-corrected chi connectivity index (χ4v) is 5.38. The average molecular weight is 636 g/mol. The van der Waals surface area contributed by atoms with Crippen LogP contribution in [0.4, 0.5) is 10.5 Å². The minimum atomic E-state index is -1.17. The lowest BCUT2D eigenvalue weighted by molar-refractivity contribution is -0.143. The number of phenolic OH excluding ortho intramolecular Hbond substituents is 1. The third-order valence-electron chi connectivity index (χ3n) is 7.35. The first-order valence-corrected chi connectivity index (χ1v) is 15.7. The van der Waals surface area contributed by atoms with Crippen LogP contribution in [-0.4, -0.2) is 45.6 Å². The molecule has 0 saturated carbocycles. The van der Waals surface area contributed by atoms with Crippen LogP contribution >= 0.6 is 11.6 Å². The van der Waals surface area contributed by atoms with Crippen molar-refractivity contribution < 1.29 is 24.2 Å². The summed E-state index contributed by atoms with van der Waals surface area (Å²) in [5.74, 6) is -0.657. The number of nitrogens with one attached hydrogen (secondary N) is 2. The number of aromatic hydroxyl groups is 1. The molecule has 8 nitrogen and oxygen atoms in total. The molecule has 0 radical (unpaired) electrons. The summed E-state index contributed by atoms with van der Waals surface area (Å²) >= 11 is 6.49. The van der Waals surface area contributed by atoms with Crippen molar-refractivity contribution in [2.75, 3.05) is 5.32 Å². The second-order valence-electron chi connectivity index (χ2n) is 12.9. The first-order chi connectivity index (χ1) is 21.2. The monoisotopic (exact) mass is 635 g/mol. The number of alkyl carbamates (subject to hydrolysis) is 1. The Kier molecular flexibility index (Phi) is 12.4. The second kappa shape index (κ2) is 15.8. The summed E-state index contributed by atoms with van der Waals surface area (Å²) in [6.07, 6.45) is 0.828. The maximum Gasteiger partial charge on any atom is 0.408 e. The van der Waals surface area contributed by atoms with Gasteiger partial charge in [0.2, 0.25) is 5.91 Å². The molecule has 0 fully saturated rings. The fourth-order valence-electron chi connectivity index (χ4n) is 5.11. The van der Waals surface area contributed by atoms with Gasteiger partial charge in [0.15, 0.2) is 0 Å². The lowest BCUT2D eigenvalue weighted by Crippen LogP contribution is -2.55. The second-order valence-corrected chi connectivity index (χ2v) is 13.3. The number of hydrogen-bond donors (Lipinski definition) is 3. The molecule has 0 heterocycles. The SMILES string of the molecule is Cc1cccc(Cl)c1NC(=O)C(c1cccc(O)c1)N(C(=O)C(Cc1ccccc1)NC(=O)OC(C)(C)C)C(C)CCC(C)C. The summed E-state index contributed by atoms with van der Waals surface area (Å²) in [6, 6.07) is 18.3. The molecule has 3 N–H and O–H groups in total. The van der Waals surface area contributed by atoms with Crippen LogP contribution in [0.1, 0.15) is 77.1 Å². The zero-order chi connectivity index (χ0) is 33.3. The quantitative estimate of drug-likeness (QED) is 0.188. The molecular formula is C36H46ClN3O5. The first kappa shape index (κ1) is 35.4. The van der Waals surface area contributed by atoms with Gasteiger partial charge in [-0.15, -0.1) is 0 Å². The van der Waals surface area contributed by atoms with Gasteiger partial charge in [-0.2, -0.15) is 0 Å². The molecule has 242 valence electrons. The van der Waals surface area contributed by atoms with E-state index in [-0.39, 0.29) is 12.2 Å². The van der Waals surface area contributed by atoms with Crippen molar-refractivity contribution in [3.8, 4) is 5.75 Å². The Labute approximate surface area is 272 Å². The van der Waals surface area contributed by atoms with Gasteiger partial charge in [0.25, 0.3) is 5.91 Å². The number of aryl methyl sites for hydroxylation is 1. The minimum Gasteiger partial charge on any atom is -0.508 e. The largest absolute Gasteiger partial charge is 0.508 e. The lowest BCUT2D eigenvalue weighted by Gasteiger charge is -2.39. The Morgan fingerprint density at radius 2 is 1.60 bits per heavy atom. The van der Waals surface area contributed by atoms with E-state index in [1.54, 1.807) is 45.0 Å². The number of halogens is 1. The molecule has 0 aliphatic carbocycles. The van der Waals surface area contributed by atoms with E-state index in [0.717, 1.165) is 17.5 Å². The van der Waals surface area contributed by atoms with Crippen molar-refractivity contribution >= 4 is 35.2 Å². The number of benzene rings is 3. The number of carbonyl (C=O) groups is 3. The summed E-state index contributed by atoms with van der Waals surface area (Å²) in [5.41, 5.74) is 1.64. The van der Waals surface area contributed by atoms with Gasteiger partial charge in [0.05, 0.1) is 10.7 Å². The number of rotatable bonds is 12. The zero-order valence-electron chi connectivity index (χ0n) is 27.3. The standard InChI is InChI=1S/C36H46ClN3O5/c1-23(2)19-20-25(4)40(34(43)30(21-26-14-9-8-10-15-26)38-35(44)45-36(5,6)7)32(27-16-12-17-28(41)22-27)33(42)39-31-24(3)13-11-18-29(31)37/h8-18,22-23,25,30,32,41H,19-21H2,1-7H3,(H,38,44)(H,39,42). The van der Waals surface area contributed by atoms with Crippen LogP contribution in [0.3, 0.4) is 0 Å². The van der Waals surface area contributed by atoms with E-state index >= 15 is 0 Å². The maximum absolute atomic E-state index is 14.8. The highest BCUT2D eigenvalue weighted by Crippen LogP contribution is 2.33. The molecule has 0 aliphatic rings. The smallest absolute Gasteiger partial charge is 0.408 e. The molecule has 3 atom stereocenters. The number of anilines is 1. The van der Waals surface area contributed by atoms with Crippen LogP contribution in [-0.2, 0) is 20.7 Å². The van der Waals surface area contributed by atoms with Crippen LogP contribution in [0.15, 0.2) is 72.8 Å². The lowest BCUT2D eigenvalue weighted by atomic mass is 9.95. The van der Waals surface area contributed by atoms with Gasteiger partial charge in [0, 0.05) is 12.5 Å². The van der Waals surface area contributed by atoms with E-state index in [9.17, 15) is 19.5 Å². The molecule has 0 spiro atoms. The normalized spacial score (nSPS) is 13.4.